The molecule has 2 atom stereocenters. The zero-order valence-electron chi connectivity index (χ0n) is 13.8. The van der Waals surface area contributed by atoms with Gasteiger partial charge in [-0.05, 0) is 30.4 Å². The molecule has 7 nitrogen and oxygen atoms in total. The molecule has 2 aliphatic heterocycles. The number of carbonyl (C=O) groups is 3. The molecule has 1 aromatic carbocycles. The average molecular weight is 374 g/mol. The maximum Gasteiger partial charge on any atom is 0.340 e. The zero-order chi connectivity index (χ0) is 18.3. The van der Waals surface area contributed by atoms with Crippen LogP contribution in [0.1, 0.15) is 23.2 Å². The molecule has 1 aromatic heterocycles. The van der Waals surface area contributed by atoms with Crippen molar-refractivity contribution in [3.8, 4) is 0 Å². The number of amides is 2. The molecule has 4 rings (SSSR count). The minimum atomic E-state index is -0.849. The minimum Gasteiger partial charge on any atom is -0.459 e. The van der Waals surface area contributed by atoms with E-state index in [0.717, 1.165) is 6.42 Å². The van der Waals surface area contributed by atoms with Gasteiger partial charge in [-0.3, -0.25) is 14.6 Å². The van der Waals surface area contributed by atoms with Gasteiger partial charge in [-0.1, -0.05) is 17.7 Å². The predicted molar refractivity (Wildman–Crippen MR) is 93.7 cm³/mol. The molecule has 1 N–H and O–H groups in total. The highest BCUT2D eigenvalue weighted by atomic mass is 35.5. The Balaban J connectivity index is 1.49. The molecule has 0 saturated carbocycles. The van der Waals surface area contributed by atoms with Gasteiger partial charge in [0.05, 0.1) is 5.56 Å². The largest absolute Gasteiger partial charge is 0.459 e. The van der Waals surface area contributed by atoms with E-state index in [-0.39, 0.29) is 30.0 Å². The van der Waals surface area contributed by atoms with Gasteiger partial charge in [0, 0.05) is 29.3 Å². The highest BCUT2D eigenvalue weighted by molar-refractivity contribution is 6.31. The van der Waals surface area contributed by atoms with Gasteiger partial charge in [0.1, 0.15) is 18.7 Å². The molecule has 2 amide bonds. The summed E-state index contributed by atoms with van der Waals surface area (Å²) in [5.41, 5.74) is 0.285. The van der Waals surface area contributed by atoms with Gasteiger partial charge in [0.2, 0.25) is 11.8 Å². The van der Waals surface area contributed by atoms with Crippen LogP contribution in [-0.2, 0) is 14.3 Å². The molecule has 0 spiro atoms. The second kappa shape index (κ2) is 6.57. The number of carbonyl (C=O) groups excluding carboxylic acids is 3. The van der Waals surface area contributed by atoms with Crippen LogP contribution in [0.25, 0.3) is 10.8 Å². The van der Waals surface area contributed by atoms with Crippen LogP contribution in [0, 0.1) is 0 Å². The van der Waals surface area contributed by atoms with E-state index >= 15 is 0 Å². The Hall–Kier alpha value is -2.67. The van der Waals surface area contributed by atoms with Crippen molar-refractivity contribution in [1.29, 1.82) is 0 Å². The van der Waals surface area contributed by atoms with Crippen molar-refractivity contribution in [1.82, 2.24) is 15.2 Å². The number of esters is 1. The van der Waals surface area contributed by atoms with Gasteiger partial charge in [-0.25, -0.2) is 4.79 Å². The first kappa shape index (κ1) is 16.8. The molecule has 0 unspecified atom stereocenters. The third-order valence-corrected chi connectivity index (χ3v) is 5.01. The second-order valence-electron chi connectivity index (χ2n) is 6.40. The lowest BCUT2D eigenvalue weighted by atomic mass is 10.1. The van der Waals surface area contributed by atoms with E-state index in [0.29, 0.717) is 28.8 Å². The Labute approximate surface area is 154 Å². The summed E-state index contributed by atoms with van der Waals surface area (Å²) in [4.78, 5) is 42.6. The molecule has 2 aliphatic rings. The monoisotopic (exact) mass is 373 g/mol. The fourth-order valence-electron chi connectivity index (χ4n) is 3.49. The first-order valence-electron chi connectivity index (χ1n) is 8.36. The number of aromatic nitrogens is 1. The third kappa shape index (κ3) is 2.88. The van der Waals surface area contributed by atoms with Crippen LogP contribution in [0.15, 0.2) is 30.6 Å². The number of piperazine rings is 1. The number of hydrogen-bond acceptors (Lipinski definition) is 5. The predicted octanol–water partition coefficient (Wildman–Crippen LogP) is 1.53. The highest BCUT2D eigenvalue weighted by Gasteiger charge is 2.43. The van der Waals surface area contributed by atoms with Crippen LogP contribution in [0.2, 0.25) is 5.02 Å². The third-order valence-electron chi connectivity index (χ3n) is 4.78. The van der Waals surface area contributed by atoms with E-state index < -0.39 is 12.0 Å². The van der Waals surface area contributed by atoms with E-state index in [9.17, 15) is 14.4 Å². The number of benzene rings is 1. The molecular formula is C18H16ClN3O4. The lowest BCUT2D eigenvalue weighted by molar-refractivity contribution is -0.148. The van der Waals surface area contributed by atoms with Gasteiger partial charge in [0.25, 0.3) is 0 Å². The lowest BCUT2D eigenvalue weighted by Crippen LogP contribution is -2.62. The number of rotatable bonds is 3. The Morgan fingerprint density at radius 2 is 2.19 bits per heavy atom. The SMILES string of the molecule is O=C(OC[C@@H]1NC(=O)[C@@H]2CCCN2C1=O)c1cncc2cc(Cl)ccc12. The summed E-state index contributed by atoms with van der Waals surface area (Å²) >= 11 is 5.96. The number of pyridine rings is 1. The summed E-state index contributed by atoms with van der Waals surface area (Å²) in [7, 11) is 0. The average Bonchev–Trinajstić information content (AvgIpc) is 3.13. The number of nitrogens with zero attached hydrogens (tertiary/aromatic N) is 2. The van der Waals surface area contributed by atoms with Crippen LogP contribution in [0.4, 0.5) is 0 Å². The van der Waals surface area contributed by atoms with Crippen molar-refractivity contribution in [2.24, 2.45) is 0 Å². The normalized spacial score (nSPS) is 22.3. The van der Waals surface area contributed by atoms with Crippen molar-refractivity contribution in [2.75, 3.05) is 13.2 Å². The Kier molecular flexibility index (Phi) is 4.24. The molecular weight excluding hydrogens is 358 g/mol. The molecule has 0 radical (unpaired) electrons. The zero-order valence-corrected chi connectivity index (χ0v) is 14.5. The van der Waals surface area contributed by atoms with E-state index in [2.05, 4.69) is 10.3 Å². The summed E-state index contributed by atoms with van der Waals surface area (Å²) in [5.74, 6) is -0.997. The molecule has 2 saturated heterocycles. The van der Waals surface area contributed by atoms with Crippen molar-refractivity contribution >= 4 is 40.2 Å². The number of ether oxygens (including phenoxy) is 1. The summed E-state index contributed by atoms with van der Waals surface area (Å²) in [5, 5.41) is 4.57. The first-order valence-corrected chi connectivity index (χ1v) is 8.73. The van der Waals surface area contributed by atoms with Gasteiger partial charge in [0.15, 0.2) is 0 Å². The van der Waals surface area contributed by atoms with Gasteiger partial charge in [-0.2, -0.15) is 0 Å². The van der Waals surface area contributed by atoms with Gasteiger partial charge < -0.3 is 15.0 Å². The van der Waals surface area contributed by atoms with E-state index in [1.165, 1.54) is 6.20 Å². The summed E-state index contributed by atoms with van der Waals surface area (Å²) in [6.07, 6.45) is 4.50. The number of halogens is 1. The smallest absolute Gasteiger partial charge is 0.340 e. The van der Waals surface area contributed by atoms with Gasteiger partial charge in [-0.15, -0.1) is 0 Å². The number of fused-ring (bicyclic) bond motifs is 2. The molecule has 2 aromatic rings. The van der Waals surface area contributed by atoms with Crippen molar-refractivity contribution in [3.05, 3.63) is 41.2 Å². The summed E-state index contributed by atoms with van der Waals surface area (Å²) < 4.78 is 5.30. The van der Waals surface area contributed by atoms with E-state index in [1.54, 1.807) is 29.3 Å². The molecule has 3 heterocycles. The first-order chi connectivity index (χ1) is 12.5. The topological polar surface area (TPSA) is 88.6 Å². The van der Waals surface area contributed by atoms with Crippen molar-refractivity contribution < 1.29 is 19.1 Å². The minimum absolute atomic E-state index is 0.190. The summed E-state index contributed by atoms with van der Waals surface area (Å²) in [6.45, 7) is 0.353. The van der Waals surface area contributed by atoms with Crippen LogP contribution in [0.3, 0.4) is 0 Å². The van der Waals surface area contributed by atoms with Crippen molar-refractivity contribution in [2.45, 2.75) is 24.9 Å². The van der Waals surface area contributed by atoms with Crippen LogP contribution in [-0.4, -0.2) is 52.9 Å². The summed E-state index contributed by atoms with van der Waals surface area (Å²) in [6, 6.07) is 3.87. The van der Waals surface area contributed by atoms with Crippen molar-refractivity contribution in [3.63, 3.8) is 0 Å². The molecule has 26 heavy (non-hydrogen) atoms. The molecule has 0 aliphatic carbocycles. The maximum atomic E-state index is 12.5. The fraction of sp³-hybridized carbons (Fsp3) is 0.333. The van der Waals surface area contributed by atoms with Crippen LogP contribution in [0.5, 0.6) is 0 Å². The lowest BCUT2D eigenvalue weighted by Gasteiger charge is -2.34. The molecule has 134 valence electrons. The Morgan fingerprint density at radius 3 is 3.04 bits per heavy atom. The Morgan fingerprint density at radius 1 is 1.35 bits per heavy atom. The molecule has 8 heteroatoms. The van der Waals surface area contributed by atoms with Crippen LogP contribution >= 0.6 is 11.6 Å². The fourth-order valence-corrected chi connectivity index (χ4v) is 3.67. The number of hydrogen-bond donors (Lipinski definition) is 1. The molecule has 2 fully saturated rings. The van der Waals surface area contributed by atoms with E-state index in [4.69, 9.17) is 16.3 Å². The maximum absolute atomic E-state index is 12.5. The van der Waals surface area contributed by atoms with Gasteiger partial charge >= 0.3 is 5.97 Å². The molecule has 0 bridgehead atoms. The quantitative estimate of drug-likeness (QED) is 0.824. The van der Waals surface area contributed by atoms with E-state index in [1.807, 2.05) is 0 Å². The highest BCUT2D eigenvalue weighted by Crippen LogP contribution is 2.24. The second-order valence-corrected chi connectivity index (χ2v) is 6.84. The van der Waals surface area contributed by atoms with Crippen LogP contribution < -0.4 is 5.32 Å². The Bertz CT molecular complexity index is 916. The standard InChI is InChI=1S/C18H16ClN3O4/c19-11-3-4-12-10(6-11)7-20-8-13(12)18(25)26-9-14-17(24)22-5-1-2-15(22)16(23)21-14/h3-4,6-8,14-15H,1-2,5,9H2,(H,21,23)/t14-,15-/m0/s1. The number of nitrogens with one attached hydrogen (secondary N) is 1.